The second kappa shape index (κ2) is 17.2. The highest BCUT2D eigenvalue weighted by Gasteiger charge is 2.44. The van der Waals surface area contributed by atoms with Crippen LogP contribution in [-0.4, -0.2) is 73.3 Å². The molecule has 6 aromatic rings. The lowest BCUT2D eigenvalue weighted by atomic mass is 9.79. The van der Waals surface area contributed by atoms with Gasteiger partial charge in [-0.05, 0) is 110 Å². The molecule has 3 N–H and O–H groups in total. The monoisotopic (exact) mass is 841 g/mol. The van der Waals surface area contributed by atoms with Gasteiger partial charge in [-0.2, -0.15) is 0 Å². The van der Waals surface area contributed by atoms with Crippen molar-refractivity contribution < 1.29 is 24.0 Å². The number of fused-ring (bicyclic) bond motifs is 2. The number of carbonyl (C=O) groups excluding carboxylic acids is 2. The van der Waals surface area contributed by atoms with Gasteiger partial charge in [0.1, 0.15) is 18.1 Å². The number of phenols is 1. The van der Waals surface area contributed by atoms with Crippen LogP contribution in [0.1, 0.15) is 99.0 Å². The molecule has 1 aliphatic heterocycles. The molecule has 13 heteroatoms. The minimum Gasteiger partial charge on any atom is -0.507 e. The molecule has 7 atom stereocenters. The van der Waals surface area contributed by atoms with E-state index in [1.807, 2.05) is 51.4 Å². The van der Waals surface area contributed by atoms with Crippen molar-refractivity contribution in [3.63, 3.8) is 0 Å². The number of carbonyl (C=O) groups is 2. The third kappa shape index (κ3) is 8.22. The van der Waals surface area contributed by atoms with Crippen molar-refractivity contribution in [2.45, 2.75) is 84.6 Å². The zero-order valence-corrected chi connectivity index (χ0v) is 36.4. The summed E-state index contributed by atoms with van der Waals surface area (Å²) in [6.07, 6.45) is 4.44. The molecule has 2 saturated carbocycles. The molecule has 1 saturated heterocycles. The topological polar surface area (TPSA) is 159 Å². The fourth-order valence-corrected chi connectivity index (χ4v) is 11.4. The second-order valence-corrected chi connectivity index (χ2v) is 18.8. The third-order valence-electron chi connectivity index (χ3n) is 13.6. The highest BCUT2D eigenvalue weighted by molar-refractivity contribution is 7.13. The van der Waals surface area contributed by atoms with E-state index in [9.17, 15) is 14.7 Å². The van der Waals surface area contributed by atoms with E-state index in [4.69, 9.17) is 9.26 Å². The van der Waals surface area contributed by atoms with E-state index in [1.54, 1.807) is 23.5 Å². The van der Waals surface area contributed by atoms with Crippen molar-refractivity contribution in [1.82, 2.24) is 35.5 Å². The summed E-state index contributed by atoms with van der Waals surface area (Å²) >= 11 is 1.62. The predicted octanol–water partition coefficient (Wildman–Crippen LogP) is 9.17. The molecule has 318 valence electrons. The van der Waals surface area contributed by atoms with Crippen LogP contribution in [0.15, 0.2) is 70.7 Å². The van der Waals surface area contributed by atoms with Crippen molar-refractivity contribution in [2.75, 3.05) is 26.2 Å². The maximum atomic E-state index is 14.3. The van der Waals surface area contributed by atoms with E-state index < -0.39 is 5.92 Å². The minimum absolute atomic E-state index is 0.0367. The van der Waals surface area contributed by atoms with E-state index in [0.29, 0.717) is 60.1 Å². The van der Waals surface area contributed by atoms with Crippen molar-refractivity contribution in [3.05, 3.63) is 94.4 Å². The molecule has 2 aliphatic carbocycles. The number of ketones is 1. The predicted molar refractivity (Wildman–Crippen MR) is 235 cm³/mol. The Balaban J connectivity index is 0.772. The largest absolute Gasteiger partial charge is 0.507 e. The van der Waals surface area contributed by atoms with Crippen molar-refractivity contribution >= 4 is 34.1 Å². The number of Topliss-reactive ketones (excluding diaryl/α,β-unsaturated/α-hetero) is 1. The number of para-hydroxylation sites is 1. The quantitative estimate of drug-likeness (QED) is 0.0966. The second-order valence-electron chi connectivity index (χ2n) is 17.9. The number of aromatic hydroxyl groups is 1. The molecule has 5 heterocycles. The number of likely N-dealkylation sites (tertiary alicyclic amines) is 1. The first-order valence-electron chi connectivity index (χ1n) is 21.8. The zero-order chi connectivity index (χ0) is 42.4. The average molecular weight is 842 g/mol. The standard InChI is InChI=1S/C48H55N7O5S/c1-26(2)43(45(57)35-10-8-11-36(35)48(58)51-27(3)30-13-15-31(16-14-30)46-29(5)49-25-61-46)41-22-42(54-60-41)59-18-17-55-23-33-19-32(20-34(33)24-55)44-28(4)50-47-38(44)21-39(52-53-47)37-9-6-7-12-40(37)56/h6-7,9,12-16,21-22,25-27,32-36,43,56H,8,10-11,17-20,23-24H2,1-5H3,(H,50,53)(H,51,58)/t27-,32-,33+,34-,35?,36+,43+/m0/s1. The Kier molecular flexibility index (Phi) is 11.5. The van der Waals surface area contributed by atoms with Crippen molar-refractivity contribution in [1.29, 1.82) is 0 Å². The number of benzene rings is 2. The summed E-state index contributed by atoms with van der Waals surface area (Å²) in [5.74, 6) is 1.40. The number of rotatable bonds is 14. The van der Waals surface area contributed by atoms with Gasteiger partial charge in [0.05, 0.1) is 33.7 Å². The van der Waals surface area contributed by atoms with Gasteiger partial charge in [-0.3, -0.25) is 14.5 Å². The Hall–Kier alpha value is -5.40. The fraction of sp³-hybridized carbons (Fsp3) is 0.458. The van der Waals surface area contributed by atoms with Gasteiger partial charge in [-0.25, -0.2) is 4.98 Å². The normalized spacial score (nSPS) is 22.5. The molecule has 0 radical (unpaired) electrons. The zero-order valence-electron chi connectivity index (χ0n) is 35.6. The Labute approximate surface area is 360 Å². The summed E-state index contributed by atoms with van der Waals surface area (Å²) in [5.41, 5.74) is 9.62. The first-order valence-corrected chi connectivity index (χ1v) is 22.7. The number of phenolic OH excluding ortho intramolecular Hbond substituents is 1. The molecule has 3 fully saturated rings. The highest BCUT2D eigenvalue weighted by atomic mass is 32.1. The van der Waals surface area contributed by atoms with Gasteiger partial charge in [0, 0.05) is 54.2 Å². The van der Waals surface area contributed by atoms with Crippen LogP contribution in [0.5, 0.6) is 11.6 Å². The number of ether oxygens (including phenoxy) is 1. The molecule has 1 unspecified atom stereocenters. The number of aromatic nitrogens is 5. The lowest BCUT2D eigenvalue weighted by molar-refractivity contribution is -0.134. The van der Waals surface area contributed by atoms with Crippen LogP contribution in [0, 0.1) is 43.4 Å². The number of amides is 1. The van der Waals surface area contributed by atoms with Gasteiger partial charge in [0.2, 0.25) is 5.91 Å². The Bertz CT molecular complexity index is 2510. The lowest BCUT2D eigenvalue weighted by Gasteiger charge is -2.25. The number of aromatic amines is 1. The molecule has 1 amide bonds. The number of hydrogen-bond acceptors (Lipinski definition) is 11. The van der Waals surface area contributed by atoms with E-state index in [2.05, 4.69) is 72.8 Å². The van der Waals surface area contributed by atoms with Crippen LogP contribution in [0.3, 0.4) is 0 Å². The molecule has 9 rings (SSSR count). The number of H-pyrrole nitrogens is 1. The van der Waals surface area contributed by atoms with Crippen molar-refractivity contribution in [3.8, 4) is 33.3 Å². The molecular weight excluding hydrogens is 787 g/mol. The summed E-state index contributed by atoms with van der Waals surface area (Å²) in [7, 11) is 0. The molecule has 3 aliphatic rings. The molecular formula is C48H55N7O5S. The highest BCUT2D eigenvalue weighted by Crippen LogP contribution is 2.49. The lowest BCUT2D eigenvalue weighted by Crippen LogP contribution is -2.38. The maximum Gasteiger partial charge on any atom is 0.254 e. The number of nitrogens with one attached hydrogen (secondary N) is 2. The molecule has 12 nitrogen and oxygen atoms in total. The number of thiazole rings is 1. The summed E-state index contributed by atoms with van der Waals surface area (Å²) in [4.78, 5) is 39.4. The maximum absolute atomic E-state index is 14.3. The minimum atomic E-state index is -0.515. The number of nitrogens with zero attached hydrogens (tertiary/aromatic N) is 5. The van der Waals surface area contributed by atoms with Crippen LogP contribution in [0.2, 0.25) is 0 Å². The summed E-state index contributed by atoms with van der Waals surface area (Å²) < 4.78 is 11.9. The van der Waals surface area contributed by atoms with Crippen molar-refractivity contribution in [2.24, 2.45) is 29.6 Å². The first kappa shape index (κ1) is 41.0. The van der Waals surface area contributed by atoms with Crippen LogP contribution < -0.4 is 10.1 Å². The Morgan fingerprint density at radius 1 is 1.00 bits per heavy atom. The number of aryl methyl sites for hydroxylation is 2. The fourth-order valence-electron chi connectivity index (χ4n) is 10.6. The summed E-state index contributed by atoms with van der Waals surface area (Å²) in [5, 5.41) is 27.9. The Morgan fingerprint density at radius 3 is 2.48 bits per heavy atom. The van der Waals surface area contributed by atoms with Gasteiger partial charge >= 0.3 is 0 Å². The Morgan fingerprint density at radius 2 is 1.75 bits per heavy atom. The molecule has 2 aromatic carbocycles. The molecule has 61 heavy (non-hydrogen) atoms. The van der Waals surface area contributed by atoms with Crippen LogP contribution in [0.25, 0.3) is 32.7 Å². The van der Waals surface area contributed by atoms with Crippen LogP contribution in [-0.2, 0) is 9.59 Å². The number of hydrogen-bond donors (Lipinski definition) is 3. The van der Waals surface area contributed by atoms with Gasteiger partial charge < -0.3 is 24.7 Å². The average Bonchev–Trinajstić information content (AvgIpc) is 4.10. The summed E-state index contributed by atoms with van der Waals surface area (Å²) in [6.45, 7) is 13.5. The molecule has 0 spiro atoms. The SMILES string of the molecule is Cc1ncsc1-c1ccc([C@H](C)NC(=O)[C@@H]2CCCC2C(=O)[C@@H](c2cc(OCCN3C[C@H]4C[C@H](c5c(C)[nH]c6nnc(-c7ccccc7O)cc56)C[C@H]4C3)no2)C(C)C)cc1. The van der Waals surface area contributed by atoms with E-state index in [0.717, 1.165) is 77.3 Å². The van der Waals surface area contributed by atoms with E-state index in [-0.39, 0.29) is 41.2 Å². The van der Waals surface area contributed by atoms with Gasteiger partial charge in [0.15, 0.2) is 11.4 Å². The van der Waals surface area contributed by atoms with Gasteiger partial charge in [-0.15, -0.1) is 21.5 Å². The van der Waals surface area contributed by atoms with E-state index in [1.165, 1.54) is 5.56 Å². The van der Waals surface area contributed by atoms with Crippen LogP contribution in [0.4, 0.5) is 0 Å². The van der Waals surface area contributed by atoms with Gasteiger partial charge in [-0.1, -0.05) is 56.7 Å². The first-order chi connectivity index (χ1) is 29.5. The summed E-state index contributed by atoms with van der Waals surface area (Å²) in [6, 6.07) is 19.2. The molecule has 0 bridgehead atoms. The smallest absolute Gasteiger partial charge is 0.254 e. The van der Waals surface area contributed by atoms with Gasteiger partial charge in [0.25, 0.3) is 5.88 Å². The molecule has 4 aromatic heterocycles. The van der Waals surface area contributed by atoms with E-state index >= 15 is 0 Å². The third-order valence-corrected chi connectivity index (χ3v) is 14.6. The van der Waals surface area contributed by atoms with Crippen LogP contribution >= 0.6 is 11.3 Å².